The largest absolute Gasteiger partial charge is 0.489 e. The van der Waals surface area contributed by atoms with E-state index in [0.29, 0.717) is 11.7 Å². The minimum Gasteiger partial charge on any atom is -0.489 e. The van der Waals surface area contributed by atoms with E-state index in [0.717, 1.165) is 12.8 Å². The lowest BCUT2D eigenvalue weighted by Gasteiger charge is -2.38. The molecule has 1 aliphatic rings. The van der Waals surface area contributed by atoms with Crippen molar-refractivity contribution in [1.82, 2.24) is 0 Å². The quantitative estimate of drug-likeness (QED) is 0.795. The van der Waals surface area contributed by atoms with Crippen LogP contribution in [0.15, 0.2) is 18.2 Å². The summed E-state index contributed by atoms with van der Waals surface area (Å²) in [6.07, 6.45) is 3.27. The van der Waals surface area contributed by atoms with Gasteiger partial charge in [-0.1, -0.05) is 20.8 Å². The molecule has 0 amide bonds. The number of nitrogens with zero attached hydrogens (tertiary/aromatic N) is 1. The molecule has 1 fully saturated rings. The topological polar surface area (TPSA) is 33.0 Å². The Bertz CT molecular complexity index is 504. The second-order valence-electron chi connectivity index (χ2n) is 6.41. The van der Waals surface area contributed by atoms with Crippen LogP contribution in [-0.2, 0) is 0 Å². The monoisotopic (exact) mass is 261 g/mol. The number of halogens is 1. The molecule has 3 heteroatoms. The Kier molecular flexibility index (Phi) is 3.80. The van der Waals surface area contributed by atoms with Gasteiger partial charge in [0.15, 0.2) is 0 Å². The van der Waals surface area contributed by atoms with Gasteiger partial charge >= 0.3 is 0 Å². The molecule has 2 nitrogen and oxygen atoms in total. The number of nitriles is 1. The SMILES string of the molecule is CC1CC(Oc2ccc(F)cc2C#N)CC(C)(C)C1. The molecule has 0 bridgehead atoms. The van der Waals surface area contributed by atoms with Crippen molar-refractivity contribution in [3.05, 3.63) is 29.6 Å². The molecule has 2 atom stereocenters. The normalized spacial score (nSPS) is 25.6. The van der Waals surface area contributed by atoms with E-state index in [2.05, 4.69) is 20.8 Å². The predicted octanol–water partition coefficient (Wildman–Crippen LogP) is 4.29. The number of benzene rings is 1. The second kappa shape index (κ2) is 5.21. The van der Waals surface area contributed by atoms with Crippen molar-refractivity contribution in [3.8, 4) is 11.8 Å². The van der Waals surface area contributed by atoms with E-state index < -0.39 is 5.82 Å². The van der Waals surface area contributed by atoms with Crippen molar-refractivity contribution in [2.45, 2.75) is 46.1 Å². The molecule has 0 aliphatic heterocycles. The molecule has 2 unspecified atom stereocenters. The Hall–Kier alpha value is -1.56. The van der Waals surface area contributed by atoms with Crippen LogP contribution in [0.25, 0.3) is 0 Å². The fourth-order valence-corrected chi connectivity index (χ4v) is 3.22. The van der Waals surface area contributed by atoms with Crippen molar-refractivity contribution in [2.24, 2.45) is 11.3 Å². The highest BCUT2D eigenvalue weighted by Gasteiger charge is 2.33. The molecule has 102 valence electrons. The van der Waals surface area contributed by atoms with Crippen LogP contribution in [0.5, 0.6) is 5.75 Å². The van der Waals surface area contributed by atoms with E-state index in [-0.39, 0.29) is 17.1 Å². The third-order valence-corrected chi connectivity index (χ3v) is 3.70. The van der Waals surface area contributed by atoms with Gasteiger partial charge in [-0.05, 0) is 48.8 Å². The predicted molar refractivity (Wildman–Crippen MR) is 72.3 cm³/mol. The summed E-state index contributed by atoms with van der Waals surface area (Å²) in [7, 11) is 0. The molecule has 0 spiro atoms. The van der Waals surface area contributed by atoms with Gasteiger partial charge in [0.05, 0.1) is 11.7 Å². The summed E-state index contributed by atoms with van der Waals surface area (Å²) in [5, 5.41) is 9.03. The molecule has 19 heavy (non-hydrogen) atoms. The van der Waals surface area contributed by atoms with E-state index in [1.54, 1.807) is 6.07 Å². The van der Waals surface area contributed by atoms with Gasteiger partial charge < -0.3 is 4.74 Å². The first-order valence-electron chi connectivity index (χ1n) is 6.76. The van der Waals surface area contributed by atoms with Crippen LogP contribution in [0.2, 0.25) is 0 Å². The minimum absolute atomic E-state index is 0.108. The zero-order chi connectivity index (χ0) is 14.0. The Balaban J connectivity index is 2.15. The Morgan fingerprint density at radius 1 is 1.37 bits per heavy atom. The Morgan fingerprint density at radius 2 is 2.11 bits per heavy atom. The minimum atomic E-state index is -0.402. The summed E-state index contributed by atoms with van der Waals surface area (Å²) in [5.74, 6) is 0.708. The second-order valence-corrected chi connectivity index (χ2v) is 6.41. The molecule has 1 saturated carbocycles. The molecule has 1 aromatic rings. The molecule has 1 aliphatic carbocycles. The maximum absolute atomic E-state index is 13.1. The molecule has 2 rings (SSSR count). The third-order valence-electron chi connectivity index (χ3n) is 3.70. The van der Waals surface area contributed by atoms with E-state index in [9.17, 15) is 4.39 Å². The van der Waals surface area contributed by atoms with Crippen molar-refractivity contribution in [3.63, 3.8) is 0 Å². The third kappa shape index (κ3) is 3.47. The van der Waals surface area contributed by atoms with Crippen molar-refractivity contribution in [2.75, 3.05) is 0 Å². The van der Waals surface area contributed by atoms with Crippen LogP contribution in [0.3, 0.4) is 0 Å². The summed E-state index contributed by atoms with van der Waals surface area (Å²) in [6, 6.07) is 6.12. The van der Waals surface area contributed by atoms with E-state index >= 15 is 0 Å². The van der Waals surface area contributed by atoms with Crippen LogP contribution in [0.1, 0.15) is 45.6 Å². The molecule has 0 radical (unpaired) electrons. The first-order valence-corrected chi connectivity index (χ1v) is 6.76. The zero-order valence-electron chi connectivity index (χ0n) is 11.7. The maximum Gasteiger partial charge on any atom is 0.137 e. The van der Waals surface area contributed by atoms with Crippen molar-refractivity contribution < 1.29 is 9.13 Å². The van der Waals surface area contributed by atoms with E-state index in [1.807, 2.05) is 6.07 Å². The van der Waals surface area contributed by atoms with Crippen LogP contribution in [0.4, 0.5) is 4.39 Å². The molecule has 1 aromatic carbocycles. The molecule has 0 aromatic heterocycles. The first-order chi connectivity index (χ1) is 8.89. The first kappa shape index (κ1) is 13.9. The fourth-order valence-electron chi connectivity index (χ4n) is 3.22. The number of rotatable bonds is 2. The van der Waals surface area contributed by atoms with Gasteiger partial charge in [-0.3, -0.25) is 0 Å². The zero-order valence-corrected chi connectivity index (χ0v) is 11.7. The summed E-state index contributed by atoms with van der Waals surface area (Å²) in [4.78, 5) is 0. The lowest BCUT2D eigenvalue weighted by atomic mass is 9.71. The molecular weight excluding hydrogens is 241 g/mol. The average Bonchev–Trinajstić information content (AvgIpc) is 2.28. The van der Waals surface area contributed by atoms with E-state index in [1.165, 1.54) is 18.6 Å². The lowest BCUT2D eigenvalue weighted by molar-refractivity contribution is 0.0560. The molecule has 0 N–H and O–H groups in total. The van der Waals surface area contributed by atoms with Crippen molar-refractivity contribution >= 4 is 0 Å². The van der Waals surface area contributed by atoms with Crippen LogP contribution in [0, 0.1) is 28.5 Å². The number of hydrogen-bond donors (Lipinski definition) is 0. The van der Waals surface area contributed by atoms with Gasteiger partial charge in [-0.2, -0.15) is 5.26 Å². The van der Waals surface area contributed by atoms with Gasteiger partial charge in [0.2, 0.25) is 0 Å². The molecule has 0 heterocycles. The van der Waals surface area contributed by atoms with Crippen LogP contribution < -0.4 is 4.74 Å². The summed E-state index contributed by atoms with van der Waals surface area (Å²) >= 11 is 0. The Morgan fingerprint density at radius 3 is 2.74 bits per heavy atom. The maximum atomic E-state index is 13.1. The Labute approximate surface area is 114 Å². The lowest BCUT2D eigenvalue weighted by Crippen LogP contribution is -2.34. The standard InChI is InChI=1S/C16H20FNO/c1-11-6-14(9-16(2,3)8-11)19-15-5-4-13(17)7-12(15)10-18/h4-5,7,11,14H,6,8-9H2,1-3H3. The highest BCUT2D eigenvalue weighted by atomic mass is 19.1. The van der Waals surface area contributed by atoms with Gasteiger partial charge in [0.1, 0.15) is 17.6 Å². The van der Waals surface area contributed by atoms with Crippen molar-refractivity contribution in [1.29, 1.82) is 5.26 Å². The number of ether oxygens (including phenoxy) is 1. The highest BCUT2D eigenvalue weighted by molar-refractivity contribution is 5.43. The van der Waals surface area contributed by atoms with Gasteiger partial charge in [-0.15, -0.1) is 0 Å². The number of hydrogen-bond acceptors (Lipinski definition) is 2. The summed E-state index contributed by atoms with van der Waals surface area (Å²) in [5.41, 5.74) is 0.533. The highest BCUT2D eigenvalue weighted by Crippen LogP contribution is 2.40. The van der Waals surface area contributed by atoms with Crippen LogP contribution >= 0.6 is 0 Å². The van der Waals surface area contributed by atoms with Gasteiger partial charge in [0, 0.05) is 0 Å². The fraction of sp³-hybridized carbons (Fsp3) is 0.562. The summed E-state index contributed by atoms with van der Waals surface area (Å²) in [6.45, 7) is 6.72. The summed E-state index contributed by atoms with van der Waals surface area (Å²) < 4.78 is 19.0. The molecule has 0 saturated heterocycles. The smallest absolute Gasteiger partial charge is 0.137 e. The average molecular weight is 261 g/mol. The molecular formula is C16H20FNO. The van der Waals surface area contributed by atoms with Crippen LogP contribution in [-0.4, -0.2) is 6.10 Å². The van der Waals surface area contributed by atoms with Gasteiger partial charge in [-0.25, -0.2) is 4.39 Å². The van der Waals surface area contributed by atoms with Gasteiger partial charge in [0.25, 0.3) is 0 Å². The van der Waals surface area contributed by atoms with E-state index in [4.69, 9.17) is 10.00 Å².